The van der Waals surface area contributed by atoms with Gasteiger partial charge < -0.3 is 10.4 Å². The van der Waals surface area contributed by atoms with Crippen molar-refractivity contribution in [2.45, 2.75) is 17.4 Å². The van der Waals surface area contributed by atoms with Gasteiger partial charge in [0.05, 0.1) is 11.4 Å². The largest absolute Gasteiger partial charge is 0.387 e. The molecule has 6 heteroatoms. The molecule has 0 heterocycles. The fraction of sp³-hybridized carbons (Fsp3) is 0.462. The van der Waals surface area contributed by atoms with Crippen LogP contribution in [0, 0.1) is 5.82 Å². The van der Waals surface area contributed by atoms with Gasteiger partial charge in [-0.3, -0.25) is 4.79 Å². The number of amides is 1. The Kier molecular flexibility index (Phi) is 6.68. The minimum Gasteiger partial charge on any atom is -0.387 e. The van der Waals surface area contributed by atoms with Crippen LogP contribution in [0.3, 0.4) is 0 Å². The highest BCUT2D eigenvalue weighted by Gasteiger charge is 2.20. The molecule has 2 N–H and O–H groups in total. The average molecular weight is 303 g/mol. The molecular formula is C13H18FNO2S2. The van der Waals surface area contributed by atoms with Crippen LogP contribution in [-0.4, -0.2) is 40.9 Å². The van der Waals surface area contributed by atoms with Crippen LogP contribution in [0.2, 0.25) is 0 Å². The molecule has 1 aromatic rings. The molecule has 1 amide bonds. The number of nitrogens with one attached hydrogen (secondary N) is 1. The van der Waals surface area contributed by atoms with E-state index in [9.17, 15) is 14.3 Å². The molecule has 0 aliphatic heterocycles. The molecule has 0 saturated carbocycles. The number of halogens is 1. The van der Waals surface area contributed by atoms with Crippen molar-refractivity contribution in [2.75, 3.05) is 24.3 Å². The quantitative estimate of drug-likeness (QED) is 0.758. The SMILES string of the molecule is CSC[C@](C)(O)CNC(=O)CSc1ccc(F)cc1. The van der Waals surface area contributed by atoms with E-state index < -0.39 is 5.60 Å². The van der Waals surface area contributed by atoms with Gasteiger partial charge in [0.1, 0.15) is 5.82 Å². The molecule has 0 fully saturated rings. The summed E-state index contributed by atoms with van der Waals surface area (Å²) in [6, 6.07) is 6.00. The molecule has 0 unspecified atom stereocenters. The number of hydrogen-bond acceptors (Lipinski definition) is 4. The Labute approximate surface area is 121 Å². The molecule has 0 saturated heterocycles. The van der Waals surface area contributed by atoms with Crippen LogP contribution < -0.4 is 5.32 Å². The van der Waals surface area contributed by atoms with Crippen molar-refractivity contribution in [1.29, 1.82) is 0 Å². The zero-order valence-electron chi connectivity index (χ0n) is 11.0. The number of carbonyl (C=O) groups is 1. The number of hydrogen-bond donors (Lipinski definition) is 2. The van der Waals surface area contributed by atoms with Gasteiger partial charge in [-0.15, -0.1) is 11.8 Å². The summed E-state index contributed by atoms with van der Waals surface area (Å²) in [5.41, 5.74) is -0.893. The van der Waals surface area contributed by atoms with Gasteiger partial charge in [0.25, 0.3) is 0 Å². The molecule has 1 atom stereocenters. The fourth-order valence-electron chi connectivity index (χ4n) is 1.38. The minimum absolute atomic E-state index is 0.143. The van der Waals surface area contributed by atoms with Crippen molar-refractivity contribution in [3.8, 4) is 0 Å². The summed E-state index contributed by atoms with van der Waals surface area (Å²) >= 11 is 2.87. The van der Waals surface area contributed by atoms with E-state index in [1.165, 1.54) is 35.7 Å². The third-order valence-electron chi connectivity index (χ3n) is 2.31. The van der Waals surface area contributed by atoms with Crippen LogP contribution in [0.5, 0.6) is 0 Å². The van der Waals surface area contributed by atoms with Gasteiger partial charge in [-0.05, 0) is 37.4 Å². The first-order valence-corrected chi connectivity index (χ1v) is 8.17. The normalized spacial score (nSPS) is 13.9. The van der Waals surface area contributed by atoms with E-state index >= 15 is 0 Å². The second-order valence-corrected chi connectivity index (χ2v) is 6.36. The summed E-state index contributed by atoms with van der Waals surface area (Å²) in [4.78, 5) is 12.5. The van der Waals surface area contributed by atoms with Crippen molar-refractivity contribution >= 4 is 29.4 Å². The van der Waals surface area contributed by atoms with E-state index in [1.54, 1.807) is 19.1 Å². The standard InChI is InChI=1S/C13H18FNO2S2/c1-13(17,9-18-2)8-15-12(16)7-19-11-5-3-10(14)4-6-11/h3-6,17H,7-9H2,1-2H3,(H,15,16)/t13-/m1/s1. The van der Waals surface area contributed by atoms with Crippen LogP contribution in [0.25, 0.3) is 0 Å². The summed E-state index contributed by atoms with van der Waals surface area (Å²) < 4.78 is 12.7. The van der Waals surface area contributed by atoms with E-state index in [4.69, 9.17) is 0 Å². The first-order valence-electron chi connectivity index (χ1n) is 5.79. The molecular weight excluding hydrogens is 285 g/mol. The van der Waals surface area contributed by atoms with Crippen LogP contribution in [0.15, 0.2) is 29.2 Å². The minimum atomic E-state index is -0.893. The highest BCUT2D eigenvalue weighted by atomic mass is 32.2. The van der Waals surface area contributed by atoms with Gasteiger partial charge in [0.15, 0.2) is 0 Å². The molecule has 0 spiro atoms. The van der Waals surface area contributed by atoms with E-state index in [2.05, 4.69) is 5.32 Å². The first-order chi connectivity index (χ1) is 8.93. The lowest BCUT2D eigenvalue weighted by Crippen LogP contribution is -2.43. The lowest BCUT2D eigenvalue weighted by atomic mass is 10.1. The van der Waals surface area contributed by atoms with Gasteiger partial charge in [-0.2, -0.15) is 11.8 Å². The van der Waals surface area contributed by atoms with Crippen LogP contribution in [0.1, 0.15) is 6.92 Å². The summed E-state index contributed by atoms with van der Waals surface area (Å²) in [5.74, 6) is 0.386. The topological polar surface area (TPSA) is 49.3 Å². The smallest absolute Gasteiger partial charge is 0.230 e. The number of benzene rings is 1. The average Bonchev–Trinajstić information content (AvgIpc) is 2.36. The Hall–Kier alpha value is -0.720. The maximum absolute atomic E-state index is 12.7. The molecule has 0 bridgehead atoms. The van der Waals surface area contributed by atoms with Crippen molar-refractivity contribution in [3.05, 3.63) is 30.1 Å². The van der Waals surface area contributed by atoms with E-state index in [1.807, 2.05) is 6.26 Å². The van der Waals surface area contributed by atoms with Crippen LogP contribution >= 0.6 is 23.5 Å². The Bertz CT molecular complexity index is 410. The Balaban J connectivity index is 2.30. The Morgan fingerprint density at radius 2 is 2.05 bits per heavy atom. The number of thioether (sulfide) groups is 2. The van der Waals surface area contributed by atoms with Gasteiger partial charge in [0.2, 0.25) is 5.91 Å². The van der Waals surface area contributed by atoms with Crippen molar-refractivity contribution in [2.24, 2.45) is 0 Å². The Morgan fingerprint density at radius 1 is 1.42 bits per heavy atom. The van der Waals surface area contributed by atoms with Gasteiger partial charge in [0, 0.05) is 17.2 Å². The molecule has 0 aliphatic rings. The number of aliphatic hydroxyl groups is 1. The molecule has 0 radical (unpaired) electrons. The summed E-state index contributed by atoms with van der Waals surface area (Å²) in [5, 5.41) is 12.6. The summed E-state index contributed by atoms with van der Waals surface area (Å²) in [6.45, 7) is 1.92. The van der Waals surface area contributed by atoms with E-state index in [-0.39, 0.29) is 24.0 Å². The van der Waals surface area contributed by atoms with Crippen LogP contribution in [0.4, 0.5) is 4.39 Å². The van der Waals surface area contributed by atoms with Crippen molar-refractivity contribution in [1.82, 2.24) is 5.32 Å². The maximum atomic E-state index is 12.7. The predicted octanol–water partition coefficient (Wildman–Crippen LogP) is 2.15. The van der Waals surface area contributed by atoms with Crippen molar-refractivity contribution < 1.29 is 14.3 Å². The van der Waals surface area contributed by atoms with Crippen molar-refractivity contribution in [3.63, 3.8) is 0 Å². The molecule has 1 aromatic carbocycles. The van der Waals surface area contributed by atoms with Gasteiger partial charge >= 0.3 is 0 Å². The number of rotatable bonds is 7. The predicted molar refractivity (Wildman–Crippen MR) is 79.1 cm³/mol. The van der Waals surface area contributed by atoms with E-state index in [0.29, 0.717) is 5.75 Å². The third-order valence-corrected chi connectivity index (χ3v) is 4.23. The summed E-state index contributed by atoms with van der Waals surface area (Å²) in [6.07, 6.45) is 1.90. The zero-order chi connectivity index (χ0) is 14.3. The maximum Gasteiger partial charge on any atom is 0.230 e. The summed E-state index contributed by atoms with van der Waals surface area (Å²) in [7, 11) is 0. The molecule has 0 aromatic heterocycles. The fourth-order valence-corrected chi connectivity index (χ4v) is 2.83. The van der Waals surface area contributed by atoms with E-state index in [0.717, 1.165) is 4.90 Å². The van der Waals surface area contributed by atoms with Gasteiger partial charge in [-0.1, -0.05) is 0 Å². The highest BCUT2D eigenvalue weighted by Crippen LogP contribution is 2.17. The lowest BCUT2D eigenvalue weighted by Gasteiger charge is -2.22. The zero-order valence-corrected chi connectivity index (χ0v) is 12.6. The van der Waals surface area contributed by atoms with Crippen LogP contribution in [-0.2, 0) is 4.79 Å². The molecule has 3 nitrogen and oxygen atoms in total. The second kappa shape index (κ2) is 7.77. The molecule has 106 valence electrons. The number of carbonyl (C=O) groups excluding carboxylic acids is 1. The lowest BCUT2D eigenvalue weighted by molar-refractivity contribution is -0.119. The van der Waals surface area contributed by atoms with Gasteiger partial charge in [-0.25, -0.2) is 4.39 Å². The Morgan fingerprint density at radius 3 is 2.63 bits per heavy atom. The molecule has 1 rings (SSSR count). The molecule has 19 heavy (non-hydrogen) atoms. The third kappa shape index (κ3) is 6.84. The molecule has 0 aliphatic carbocycles. The highest BCUT2D eigenvalue weighted by molar-refractivity contribution is 8.00. The first kappa shape index (κ1) is 16.3. The monoisotopic (exact) mass is 303 g/mol. The second-order valence-electron chi connectivity index (χ2n) is 4.45.